The summed E-state index contributed by atoms with van der Waals surface area (Å²) in [6, 6.07) is 28.3. The highest BCUT2D eigenvalue weighted by atomic mass is 32.1. The van der Waals surface area contributed by atoms with Crippen LogP contribution in [0, 0.1) is 11.8 Å². The highest BCUT2D eigenvalue weighted by Crippen LogP contribution is 2.43. The van der Waals surface area contributed by atoms with E-state index in [1.54, 1.807) is 13.1 Å². The van der Waals surface area contributed by atoms with Crippen LogP contribution in [0.3, 0.4) is 0 Å². The van der Waals surface area contributed by atoms with Crippen molar-refractivity contribution in [3.05, 3.63) is 145 Å². The third-order valence-corrected chi connectivity index (χ3v) is 17.9. The summed E-state index contributed by atoms with van der Waals surface area (Å²) >= 11 is 5.66. The van der Waals surface area contributed by atoms with Crippen molar-refractivity contribution in [2.75, 3.05) is 18.4 Å². The summed E-state index contributed by atoms with van der Waals surface area (Å²) in [5.41, 5.74) is -1.98. The fourth-order valence-electron chi connectivity index (χ4n) is 9.51. The number of para-hydroxylation sites is 1. The smallest absolute Gasteiger partial charge is 0.402 e. The zero-order valence-corrected chi connectivity index (χ0v) is 37.3. The summed E-state index contributed by atoms with van der Waals surface area (Å²) in [5.74, 6) is 0.118. The third-order valence-electron chi connectivity index (χ3n) is 12.5. The monoisotopic (exact) mass is 903 g/mol. The minimum atomic E-state index is -5.08. The number of piperidine rings is 3. The number of thiocarbonyl (C=S) groups is 1. The molecular formula is C48H51F6N5O2SSi. The van der Waals surface area contributed by atoms with Crippen molar-refractivity contribution in [2.24, 2.45) is 11.8 Å². The molecule has 0 spiro atoms. The molecule has 63 heavy (non-hydrogen) atoms. The summed E-state index contributed by atoms with van der Waals surface area (Å²) in [7, 11) is -3.36. The summed E-state index contributed by atoms with van der Waals surface area (Å²) < 4.78 is 90.9. The Bertz CT molecular complexity index is 2350. The molecule has 3 aliphatic heterocycles. The van der Waals surface area contributed by atoms with E-state index in [1.807, 2.05) is 97.1 Å². The van der Waals surface area contributed by atoms with Crippen LogP contribution in [0.4, 0.5) is 32.0 Å². The molecule has 3 aliphatic rings. The Balaban J connectivity index is 1.32. The second-order valence-corrected chi connectivity index (χ2v) is 22.2. The normalized spacial score (nSPS) is 20.7. The summed E-state index contributed by atoms with van der Waals surface area (Å²) in [6.07, 6.45) is -5.66. The predicted molar refractivity (Wildman–Crippen MR) is 242 cm³/mol. The standard InChI is InChI=1S/C48H51F6N5O2SSi/c1-6-31-29-59-24-22-32(31)25-41(59)43(39-21-23-55-40-20-14-13-19-38(39)40)57-44(60)42(58-45(62)56-35-27-33(47(49,50)51)26-34(28-35)48(52,53)54)30(2)61-63(46(3,4)5,36-15-9-7-10-16-36)37-17-11-8-12-18-37/h6-21,23,26-28,30-32,41-43H,1,22,24-25,29H2,2-5H3,(H,57,60)(H2,56,58,62)/t30-,31?,32?,41+,42+,43+/m1/s1. The van der Waals surface area contributed by atoms with E-state index in [0.29, 0.717) is 24.0 Å². The van der Waals surface area contributed by atoms with Gasteiger partial charge >= 0.3 is 12.4 Å². The fourth-order valence-corrected chi connectivity index (χ4v) is 14.5. The van der Waals surface area contributed by atoms with Crippen LogP contribution in [0.1, 0.15) is 63.3 Å². The molecule has 3 fully saturated rings. The Morgan fingerprint density at radius 3 is 2.00 bits per heavy atom. The number of carbonyl (C=O) groups excluding carboxylic acids is 1. The number of carbonyl (C=O) groups is 1. The second kappa shape index (κ2) is 18.2. The van der Waals surface area contributed by atoms with E-state index >= 15 is 4.79 Å². The molecule has 5 aromatic rings. The van der Waals surface area contributed by atoms with Crippen molar-refractivity contribution >= 4 is 58.5 Å². The van der Waals surface area contributed by atoms with E-state index in [4.69, 9.17) is 16.6 Å². The van der Waals surface area contributed by atoms with E-state index in [0.717, 1.165) is 52.8 Å². The lowest BCUT2D eigenvalue weighted by atomic mass is 9.73. The van der Waals surface area contributed by atoms with Gasteiger partial charge in [-0.25, -0.2) is 0 Å². The lowest BCUT2D eigenvalue weighted by Gasteiger charge is -2.52. The quantitative estimate of drug-likeness (QED) is 0.0499. The first-order chi connectivity index (χ1) is 29.8. The summed E-state index contributed by atoms with van der Waals surface area (Å²) in [5, 5.41) is 10.8. The van der Waals surface area contributed by atoms with Gasteiger partial charge in [0.25, 0.3) is 8.32 Å². The zero-order valence-electron chi connectivity index (χ0n) is 35.4. The maximum atomic E-state index is 15.4. The molecule has 1 amide bonds. The topological polar surface area (TPSA) is 78.5 Å². The van der Waals surface area contributed by atoms with Crippen molar-refractivity contribution in [1.82, 2.24) is 20.5 Å². The number of nitrogens with zero attached hydrogens (tertiary/aromatic N) is 2. The van der Waals surface area contributed by atoms with Crippen LogP contribution in [0.25, 0.3) is 10.9 Å². The molecule has 332 valence electrons. The summed E-state index contributed by atoms with van der Waals surface area (Å²) in [6.45, 7) is 13.7. The molecule has 3 N–H and O–H groups in total. The Morgan fingerprint density at radius 1 is 0.873 bits per heavy atom. The number of hydrogen-bond acceptors (Lipinski definition) is 5. The number of halogens is 6. The first-order valence-corrected chi connectivity index (χ1v) is 23.3. The number of benzene rings is 4. The average molecular weight is 904 g/mol. The van der Waals surface area contributed by atoms with Crippen LogP contribution in [0.15, 0.2) is 128 Å². The number of fused-ring (bicyclic) bond motifs is 4. The van der Waals surface area contributed by atoms with E-state index in [9.17, 15) is 26.3 Å². The van der Waals surface area contributed by atoms with Gasteiger partial charge in [0, 0.05) is 29.9 Å². The van der Waals surface area contributed by atoms with Gasteiger partial charge in [0.05, 0.1) is 28.8 Å². The van der Waals surface area contributed by atoms with Crippen LogP contribution in [-0.2, 0) is 21.6 Å². The Morgan fingerprint density at radius 2 is 1.46 bits per heavy atom. The van der Waals surface area contributed by atoms with Gasteiger partial charge in [-0.05, 0) is 102 Å². The highest BCUT2D eigenvalue weighted by molar-refractivity contribution is 7.80. The largest absolute Gasteiger partial charge is 0.416 e. The summed E-state index contributed by atoms with van der Waals surface area (Å²) in [4.78, 5) is 22.3. The Kier molecular flexibility index (Phi) is 13.3. The van der Waals surface area contributed by atoms with Gasteiger partial charge in [0.15, 0.2) is 5.11 Å². The van der Waals surface area contributed by atoms with Gasteiger partial charge < -0.3 is 20.4 Å². The molecule has 0 saturated carbocycles. The number of anilines is 1. The minimum Gasteiger partial charge on any atom is -0.402 e. The van der Waals surface area contributed by atoms with E-state index < -0.39 is 66.6 Å². The average Bonchev–Trinajstić information content (AvgIpc) is 3.25. The van der Waals surface area contributed by atoms with Gasteiger partial charge in [0.2, 0.25) is 5.91 Å². The molecule has 1 aromatic heterocycles. The SMILES string of the molecule is C=CC1CN2CCC1C[C@H]2[C@@H](NC(=O)[C@@H](NC(=S)Nc1cc(C(F)(F)F)cc(C(F)(F)F)c1)[C@@H](C)O[Si](c1ccccc1)(c1ccccc1)C(C)(C)C)c1ccnc2ccccc12. The molecule has 2 bridgehead atoms. The predicted octanol–water partition coefficient (Wildman–Crippen LogP) is 9.65. The lowest BCUT2D eigenvalue weighted by Crippen LogP contribution is -2.69. The lowest BCUT2D eigenvalue weighted by molar-refractivity contribution is -0.143. The van der Waals surface area contributed by atoms with Crippen LogP contribution >= 0.6 is 12.2 Å². The van der Waals surface area contributed by atoms with Crippen LogP contribution in [-0.4, -0.2) is 60.5 Å². The highest BCUT2D eigenvalue weighted by Gasteiger charge is 2.53. The molecule has 0 aliphatic carbocycles. The Hall–Kier alpha value is -5.09. The number of hydrogen-bond donors (Lipinski definition) is 3. The Labute approximate surface area is 370 Å². The molecule has 0 radical (unpaired) electrons. The van der Waals surface area contributed by atoms with Crippen molar-refractivity contribution in [2.45, 2.75) is 82.2 Å². The van der Waals surface area contributed by atoms with Crippen LogP contribution in [0.2, 0.25) is 5.04 Å². The van der Waals surface area contributed by atoms with Crippen molar-refractivity contribution in [3.63, 3.8) is 0 Å². The molecule has 8 rings (SSSR count). The number of nitrogens with one attached hydrogen (secondary N) is 3. The molecule has 3 unspecified atom stereocenters. The van der Waals surface area contributed by atoms with Gasteiger partial charge in [-0.3, -0.25) is 14.7 Å². The van der Waals surface area contributed by atoms with Gasteiger partial charge in [-0.15, -0.1) is 6.58 Å². The fraction of sp³-hybridized carbons (Fsp3) is 0.354. The molecule has 7 atom stereocenters. The van der Waals surface area contributed by atoms with E-state index in [1.165, 1.54) is 0 Å². The van der Waals surface area contributed by atoms with Crippen molar-refractivity contribution in [1.29, 1.82) is 0 Å². The first kappa shape index (κ1) is 45.9. The molecule has 3 saturated heterocycles. The number of rotatable bonds is 12. The van der Waals surface area contributed by atoms with Crippen molar-refractivity contribution in [3.8, 4) is 0 Å². The molecular weight excluding hydrogens is 853 g/mol. The van der Waals surface area contributed by atoms with Crippen LogP contribution < -0.4 is 26.3 Å². The zero-order chi connectivity index (χ0) is 45.3. The number of pyridine rings is 1. The second-order valence-electron chi connectivity index (χ2n) is 17.5. The first-order valence-electron chi connectivity index (χ1n) is 21.0. The number of alkyl halides is 6. The molecule has 4 heterocycles. The minimum absolute atomic E-state index is 0.0475. The van der Waals surface area contributed by atoms with Gasteiger partial charge in [0.1, 0.15) is 6.04 Å². The van der Waals surface area contributed by atoms with Crippen LogP contribution in [0.5, 0.6) is 0 Å². The molecule has 7 nitrogen and oxygen atoms in total. The van der Waals surface area contributed by atoms with E-state index in [-0.39, 0.29) is 17.2 Å². The molecule has 4 aromatic carbocycles. The maximum absolute atomic E-state index is 15.4. The third kappa shape index (κ3) is 9.71. The number of aromatic nitrogens is 1. The van der Waals surface area contributed by atoms with E-state index in [2.05, 4.69) is 53.2 Å². The molecule has 15 heteroatoms. The van der Waals surface area contributed by atoms with Gasteiger partial charge in [-0.1, -0.05) is 106 Å². The number of amides is 1. The maximum Gasteiger partial charge on any atom is 0.416 e. The van der Waals surface area contributed by atoms with Gasteiger partial charge in [-0.2, -0.15) is 26.3 Å². The van der Waals surface area contributed by atoms with Crippen molar-refractivity contribution < 1.29 is 35.6 Å².